The number of ether oxygens (including phenoxy) is 2. The summed E-state index contributed by atoms with van der Waals surface area (Å²) in [6, 6.07) is 6.01. The van der Waals surface area contributed by atoms with E-state index in [1.165, 1.54) is 24.0 Å². The maximum Gasteiger partial charge on any atom is 0.422 e. The normalized spacial score (nSPS) is 17.6. The fourth-order valence-corrected chi connectivity index (χ4v) is 4.18. The molecule has 1 aromatic carbocycles. The van der Waals surface area contributed by atoms with Crippen molar-refractivity contribution in [2.24, 2.45) is 5.92 Å². The van der Waals surface area contributed by atoms with Crippen LogP contribution in [0, 0.1) is 5.92 Å². The molecule has 0 bridgehead atoms. The van der Waals surface area contributed by atoms with Crippen LogP contribution in [-0.4, -0.2) is 55.3 Å². The highest BCUT2D eigenvalue weighted by molar-refractivity contribution is 5.81. The van der Waals surface area contributed by atoms with Gasteiger partial charge in [0, 0.05) is 13.1 Å². The second-order valence-corrected chi connectivity index (χ2v) is 8.56. The number of benzene rings is 1. The predicted octanol–water partition coefficient (Wildman–Crippen LogP) is 3.70. The fraction of sp³-hybridized carbons (Fsp3) is 0.609. The monoisotopic (exact) mass is 470 g/mol. The van der Waals surface area contributed by atoms with Crippen LogP contribution in [0.5, 0.6) is 0 Å². The van der Waals surface area contributed by atoms with Gasteiger partial charge in [0.05, 0.1) is 12.0 Å². The van der Waals surface area contributed by atoms with Gasteiger partial charge >= 0.3 is 18.2 Å². The number of hydrogen-bond acceptors (Lipinski definition) is 5. The smallest absolute Gasteiger partial charge is 0.422 e. The number of carbonyl (C=O) groups is 3. The SMILES string of the molecule is CC(NC(=O)COC(=O)C1CCN(C(=O)OCC(F)(F)F)CC1)c1ccc2c(c1)CCCC2. The Balaban J connectivity index is 1.38. The van der Waals surface area contributed by atoms with E-state index in [1.54, 1.807) is 0 Å². The average molecular weight is 470 g/mol. The molecule has 1 atom stereocenters. The van der Waals surface area contributed by atoms with Gasteiger partial charge in [-0.1, -0.05) is 18.2 Å². The van der Waals surface area contributed by atoms with Gasteiger partial charge in [-0.3, -0.25) is 9.59 Å². The van der Waals surface area contributed by atoms with Crippen molar-refractivity contribution in [1.82, 2.24) is 10.2 Å². The molecule has 1 N–H and O–H groups in total. The summed E-state index contributed by atoms with van der Waals surface area (Å²) >= 11 is 0. The Bertz CT molecular complexity index is 866. The summed E-state index contributed by atoms with van der Waals surface area (Å²) in [6.45, 7) is -0.0252. The predicted molar refractivity (Wildman–Crippen MR) is 112 cm³/mol. The van der Waals surface area contributed by atoms with Gasteiger partial charge in [-0.2, -0.15) is 13.2 Å². The Labute approximate surface area is 190 Å². The van der Waals surface area contributed by atoms with Gasteiger partial charge in [0.1, 0.15) is 0 Å². The van der Waals surface area contributed by atoms with Crippen molar-refractivity contribution < 1.29 is 37.0 Å². The number of nitrogens with zero attached hydrogens (tertiary/aromatic N) is 1. The quantitative estimate of drug-likeness (QED) is 0.641. The molecule has 1 saturated heterocycles. The number of esters is 1. The van der Waals surface area contributed by atoms with Gasteiger partial charge in [-0.25, -0.2) is 4.79 Å². The minimum Gasteiger partial charge on any atom is -0.455 e. The molecule has 1 unspecified atom stereocenters. The van der Waals surface area contributed by atoms with Crippen LogP contribution in [0.15, 0.2) is 18.2 Å². The van der Waals surface area contributed by atoms with Crippen LogP contribution in [0.3, 0.4) is 0 Å². The highest BCUT2D eigenvalue weighted by Crippen LogP contribution is 2.25. The number of nitrogens with one attached hydrogen (secondary N) is 1. The molecule has 1 heterocycles. The first-order chi connectivity index (χ1) is 15.6. The molecule has 2 amide bonds. The number of rotatable bonds is 6. The Morgan fingerprint density at radius 1 is 1.09 bits per heavy atom. The number of carbonyl (C=O) groups excluding carboxylic acids is 3. The molecule has 10 heteroatoms. The number of fused-ring (bicyclic) bond motifs is 1. The molecule has 1 aromatic rings. The number of hydrogen-bond donors (Lipinski definition) is 1. The van der Waals surface area contributed by atoms with Gasteiger partial charge in [-0.15, -0.1) is 0 Å². The molecular formula is C23H29F3N2O5. The van der Waals surface area contributed by atoms with E-state index in [9.17, 15) is 27.6 Å². The van der Waals surface area contributed by atoms with Crippen LogP contribution >= 0.6 is 0 Å². The summed E-state index contributed by atoms with van der Waals surface area (Å²) < 4.78 is 45.8. The summed E-state index contributed by atoms with van der Waals surface area (Å²) in [7, 11) is 0. The molecule has 1 aliphatic heterocycles. The Morgan fingerprint density at radius 3 is 2.42 bits per heavy atom. The Kier molecular flexibility index (Phi) is 8.20. The van der Waals surface area contributed by atoms with Gasteiger partial charge in [0.2, 0.25) is 0 Å². The molecule has 0 aromatic heterocycles. The maximum atomic E-state index is 12.3. The van der Waals surface area contributed by atoms with Crippen molar-refractivity contribution in [3.05, 3.63) is 34.9 Å². The highest BCUT2D eigenvalue weighted by atomic mass is 19.4. The Hall–Kier alpha value is -2.78. The third-order valence-corrected chi connectivity index (χ3v) is 6.04. The molecule has 3 rings (SSSR count). The lowest BCUT2D eigenvalue weighted by Crippen LogP contribution is -2.42. The summed E-state index contributed by atoms with van der Waals surface area (Å²) in [4.78, 5) is 37.3. The number of piperidine rings is 1. The van der Waals surface area contributed by atoms with Crippen molar-refractivity contribution >= 4 is 18.0 Å². The lowest BCUT2D eigenvalue weighted by atomic mass is 9.89. The number of amides is 2. The van der Waals surface area contributed by atoms with Gasteiger partial charge in [-0.05, 0) is 62.1 Å². The summed E-state index contributed by atoms with van der Waals surface area (Å²) in [6.07, 6.45) is -0.697. The van der Waals surface area contributed by atoms with Crippen molar-refractivity contribution in [1.29, 1.82) is 0 Å². The van der Waals surface area contributed by atoms with E-state index in [0.29, 0.717) is 0 Å². The number of aryl methyl sites for hydroxylation is 2. The third-order valence-electron chi connectivity index (χ3n) is 6.04. The second kappa shape index (κ2) is 10.9. The van der Waals surface area contributed by atoms with E-state index in [0.717, 1.165) is 23.3 Å². The first kappa shape index (κ1) is 24.9. The van der Waals surface area contributed by atoms with Crippen LogP contribution < -0.4 is 5.32 Å². The minimum atomic E-state index is -4.59. The molecule has 0 saturated carbocycles. The van der Waals surface area contributed by atoms with Gasteiger partial charge in [0.15, 0.2) is 13.2 Å². The third kappa shape index (κ3) is 7.36. The Morgan fingerprint density at radius 2 is 1.76 bits per heavy atom. The zero-order chi connectivity index (χ0) is 24.0. The van der Waals surface area contributed by atoms with Crippen molar-refractivity contribution in [3.8, 4) is 0 Å². The standard InChI is InChI=1S/C23H29F3N2O5/c1-15(18-7-6-16-4-2-3-5-19(16)12-18)27-20(29)13-32-21(30)17-8-10-28(11-9-17)22(31)33-14-23(24,25)26/h6-7,12,15,17H,2-5,8-11,13-14H2,1H3,(H,27,29). The molecule has 7 nitrogen and oxygen atoms in total. The van der Waals surface area contributed by atoms with Crippen molar-refractivity contribution in [2.45, 2.75) is 57.7 Å². The van der Waals surface area contributed by atoms with Crippen LogP contribution in [0.2, 0.25) is 0 Å². The molecule has 0 spiro atoms. The molecule has 1 fully saturated rings. The topological polar surface area (TPSA) is 84.9 Å². The fourth-order valence-electron chi connectivity index (χ4n) is 4.18. The van der Waals surface area contributed by atoms with E-state index in [4.69, 9.17) is 4.74 Å². The molecular weight excluding hydrogens is 441 g/mol. The van der Waals surface area contributed by atoms with Crippen LogP contribution in [0.25, 0.3) is 0 Å². The molecule has 2 aliphatic rings. The van der Waals surface area contributed by atoms with E-state index in [1.807, 2.05) is 13.0 Å². The van der Waals surface area contributed by atoms with Crippen LogP contribution in [-0.2, 0) is 31.9 Å². The van der Waals surface area contributed by atoms with Gasteiger partial charge in [0.25, 0.3) is 5.91 Å². The van der Waals surface area contributed by atoms with E-state index >= 15 is 0 Å². The van der Waals surface area contributed by atoms with Gasteiger partial charge < -0.3 is 19.7 Å². The number of likely N-dealkylation sites (tertiary alicyclic amines) is 1. The van der Waals surface area contributed by atoms with E-state index in [2.05, 4.69) is 22.2 Å². The lowest BCUT2D eigenvalue weighted by molar-refractivity contribution is -0.163. The maximum absolute atomic E-state index is 12.3. The second-order valence-electron chi connectivity index (χ2n) is 8.56. The van der Waals surface area contributed by atoms with E-state index in [-0.39, 0.29) is 32.0 Å². The number of halogens is 3. The summed E-state index contributed by atoms with van der Waals surface area (Å²) in [5.74, 6) is -1.50. The molecule has 1 aliphatic carbocycles. The summed E-state index contributed by atoms with van der Waals surface area (Å²) in [5, 5.41) is 2.83. The largest absolute Gasteiger partial charge is 0.455 e. The zero-order valence-corrected chi connectivity index (χ0v) is 18.6. The van der Waals surface area contributed by atoms with Crippen LogP contribution in [0.4, 0.5) is 18.0 Å². The molecule has 33 heavy (non-hydrogen) atoms. The first-order valence-electron chi connectivity index (χ1n) is 11.2. The highest BCUT2D eigenvalue weighted by Gasteiger charge is 2.33. The molecule has 182 valence electrons. The zero-order valence-electron chi connectivity index (χ0n) is 18.6. The minimum absolute atomic E-state index is 0.0814. The molecule has 0 radical (unpaired) electrons. The van der Waals surface area contributed by atoms with E-state index < -0.39 is 43.3 Å². The summed E-state index contributed by atoms with van der Waals surface area (Å²) in [5.41, 5.74) is 3.68. The van der Waals surface area contributed by atoms with Crippen LogP contribution in [0.1, 0.15) is 55.3 Å². The van der Waals surface area contributed by atoms with Crippen molar-refractivity contribution in [3.63, 3.8) is 0 Å². The first-order valence-corrected chi connectivity index (χ1v) is 11.2. The average Bonchev–Trinajstić information content (AvgIpc) is 2.80. The lowest BCUT2D eigenvalue weighted by Gasteiger charge is -2.30. The number of alkyl halides is 3. The van der Waals surface area contributed by atoms with Crippen molar-refractivity contribution in [2.75, 3.05) is 26.3 Å².